The van der Waals surface area contributed by atoms with Crippen molar-refractivity contribution < 1.29 is 16.8 Å². The molecule has 0 amide bonds. The number of hydrogen-bond donors (Lipinski definition) is 1. The Bertz CT molecular complexity index is 1600. The van der Waals surface area contributed by atoms with Crippen LogP contribution in [-0.2, 0) is 32.9 Å². The van der Waals surface area contributed by atoms with Gasteiger partial charge in [0.15, 0.2) is 5.65 Å². The first-order valence-electron chi connectivity index (χ1n) is 11.4. The number of nitrogens with one attached hydrogen (secondary N) is 1. The third-order valence-corrected chi connectivity index (χ3v) is 9.43. The third kappa shape index (κ3) is 4.78. The van der Waals surface area contributed by atoms with E-state index in [1.807, 2.05) is 4.68 Å². The fourth-order valence-corrected chi connectivity index (χ4v) is 7.65. The monoisotopic (exact) mass is 526 g/mol. The molecule has 0 bridgehead atoms. The van der Waals surface area contributed by atoms with Gasteiger partial charge >= 0.3 is 0 Å². The van der Waals surface area contributed by atoms with Crippen LogP contribution in [0.4, 0.5) is 11.6 Å². The van der Waals surface area contributed by atoms with Gasteiger partial charge in [-0.05, 0) is 48.1 Å². The van der Waals surface area contributed by atoms with E-state index < -0.39 is 20.0 Å². The molecule has 1 atom stereocenters. The minimum Gasteiger partial charge on any atom is -0.354 e. The third-order valence-electron chi connectivity index (χ3n) is 6.18. The summed E-state index contributed by atoms with van der Waals surface area (Å²) in [7, 11) is -7.94. The molecule has 0 fully saturated rings. The lowest BCUT2D eigenvalue weighted by Crippen LogP contribution is -2.35. The van der Waals surface area contributed by atoms with E-state index in [0.29, 0.717) is 22.6 Å². The number of hydrogen-bond acceptors (Lipinski definition) is 8. The fraction of sp³-hybridized carbons (Fsp3) is 0.292. The second kappa shape index (κ2) is 9.17. The number of rotatable bonds is 8. The van der Waals surface area contributed by atoms with Gasteiger partial charge in [-0.3, -0.25) is 0 Å². The summed E-state index contributed by atoms with van der Waals surface area (Å²) in [5.74, 6) is 0.493. The van der Waals surface area contributed by atoms with E-state index in [9.17, 15) is 16.8 Å². The van der Waals surface area contributed by atoms with E-state index >= 15 is 0 Å². The topological polar surface area (TPSA) is 127 Å². The lowest BCUT2D eigenvalue weighted by molar-refractivity contribution is 0.533. The van der Waals surface area contributed by atoms with E-state index in [0.717, 1.165) is 42.0 Å². The van der Waals surface area contributed by atoms with Gasteiger partial charge in [-0.25, -0.2) is 26.5 Å². The van der Waals surface area contributed by atoms with Gasteiger partial charge in [0.2, 0.25) is 26.0 Å². The van der Waals surface area contributed by atoms with E-state index in [-0.39, 0.29) is 11.7 Å². The van der Waals surface area contributed by atoms with Crippen molar-refractivity contribution in [3.63, 3.8) is 0 Å². The van der Waals surface area contributed by atoms with Gasteiger partial charge in [0.25, 0.3) is 0 Å². The van der Waals surface area contributed by atoms with E-state index in [1.165, 1.54) is 23.3 Å². The number of aromatic nitrogens is 4. The molecule has 0 saturated carbocycles. The Kier molecular flexibility index (Phi) is 6.17. The zero-order valence-electron chi connectivity index (χ0n) is 19.9. The van der Waals surface area contributed by atoms with Crippen LogP contribution in [0.25, 0.3) is 11.0 Å². The Morgan fingerprint density at radius 1 is 1.00 bits per heavy atom. The Labute approximate surface area is 210 Å². The van der Waals surface area contributed by atoms with Crippen LogP contribution in [0.1, 0.15) is 29.2 Å². The number of aryl methyl sites for hydroxylation is 1. The Balaban J connectivity index is 1.28. The normalized spacial score (nSPS) is 15.7. The van der Waals surface area contributed by atoms with Crippen molar-refractivity contribution in [3.8, 4) is 0 Å². The highest BCUT2D eigenvalue weighted by atomic mass is 32.3. The predicted molar refractivity (Wildman–Crippen MR) is 139 cm³/mol. The van der Waals surface area contributed by atoms with E-state index in [1.54, 1.807) is 24.5 Å². The molecule has 2 aromatic carbocycles. The van der Waals surface area contributed by atoms with Crippen molar-refractivity contribution >= 4 is 42.7 Å². The van der Waals surface area contributed by atoms with Gasteiger partial charge in [-0.1, -0.05) is 36.4 Å². The molecule has 0 aliphatic heterocycles. The average Bonchev–Trinajstić information content (AvgIpc) is 3.42. The van der Waals surface area contributed by atoms with Crippen LogP contribution in [0, 0.1) is 0 Å². The molecule has 0 saturated heterocycles. The molecule has 4 aromatic rings. The Morgan fingerprint density at radius 3 is 2.44 bits per heavy atom. The Hall–Kier alpha value is -3.51. The quantitative estimate of drug-likeness (QED) is 0.371. The van der Waals surface area contributed by atoms with Crippen LogP contribution in [0.15, 0.2) is 60.9 Å². The number of nitrogens with zero attached hydrogens (tertiary/aromatic N) is 5. The van der Waals surface area contributed by atoms with Crippen LogP contribution in [0.5, 0.6) is 0 Å². The van der Waals surface area contributed by atoms with E-state index in [4.69, 9.17) is 4.98 Å². The molecule has 0 spiro atoms. The molecule has 188 valence electrons. The van der Waals surface area contributed by atoms with Gasteiger partial charge in [0.1, 0.15) is 0 Å². The molecule has 1 aliphatic rings. The zero-order chi connectivity index (χ0) is 25.5. The highest BCUT2D eigenvalue weighted by Gasteiger charge is 2.27. The summed E-state index contributed by atoms with van der Waals surface area (Å²) < 4.78 is 50.2. The van der Waals surface area contributed by atoms with Crippen molar-refractivity contribution in [1.82, 2.24) is 19.7 Å². The fourth-order valence-electron chi connectivity index (χ4n) is 4.67. The molecule has 10 nitrogen and oxygen atoms in total. The lowest BCUT2D eigenvalue weighted by atomic mass is 10.1. The summed E-state index contributed by atoms with van der Waals surface area (Å²) in [6.45, 7) is 0.535. The predicted octanol–water partition coefficient (Wildman–Crippen LogP) is 2.74. The number of anilines is 2. The van der Waals surface area contributed by atoms with Gasteiger partial charge in [0, 0.05) is 12.7 Å². The summed E-state index contributed by atoms with van der Waals surface area (Å²) in [4.78, 5) is 9.11. The van der Waals surface area contributed by atoms with Crippen molar-refractivity contribution in [2.24, 2.45) is 0 Å². The molecular weight excluding hydrogens is 500 g/mol. The van der Waals surface area contributed by atoms with Gasteiger partial charge < -0.3 is 5.32 Å². The second-order valence-corrected chi connectivity index (χ2v) is 12.8. The highest BCUT2D eigenvalue weighted by Crippen LogP contribution is 2.35. The minimum atomic E-state index is -3.97. The van der Waals surface area contributed by atoms with Crippen LogP contribution < -0.4 is 9.03 Å². The molecule has 5 rings (SSSR count). The lowest BCUT2D eigenvalue weighted by Gasteiger charge is -2.19. The van der Waals surface area contributed by atoms with Crippen LogP contribution in [0.3, 0.4) is 0 Å². The first-order chi connectivity index (χ1) is 17.1. The standard InChI is InChI=1S/C24H26N6O4S2/c1-35(31,32)30(36(2,33)34)20-10-7-17(8-11-20)13-14-25-24-26-15-19-16-27-29(23(19)28-24)22-12-9-18-5-3-4-6-21(18)22/h3-8,10-11,15-16,22H,9,12-14H2,1-2H3,(H,25,26,28)/t22-/m0/s1. The molecule has 2 heterocycles. The molecule has 1 N–H and O–H groups in total. The smallest absolute Gasteiger partial charge is 0.245 e. The Morgan fingerprint density at radius 2 is 1.72 bits per heavy atom. The molecule has 1 aliphatic carbocycles. The number of fused-ring (bicyclic) bond motifs is 2. The summed E-state index contributed by atoms with van der Waals surface area (Å²) in [6, 6.07) is 15.0. The minimum absolute atomic E-state index is 0.0762. The SMILES string of the molecule is CS(=O)(=O)N(c1ccc(CCNc2ncc3cnn([C@H]4CCc5ccccc54)c3n2)cc1)S(C)(=O)=O. The number of benzene rings is 2. The van der Waals surface area contributed by atoms with Crippen LogP contribution in [-0.4, -0.2) is 55.6 Å². The zero-order valence-corrected chi connectivity index (χ0v) is 21.5. The maximum atomic E-state index is 12.0. The van der Waals surface area contributed by atoms with Gasteiger partial charge in [-0.15, -0.1) is 0 Å². The van der Waals surface area contributed by atoms with Crippen LogP contribution >= 0.6 is 0 Å². The van der Waals surface area contributed by atoms with Gasteiger partial charge in [0.05, 0.1) is 35.8 Å². The maximum absolute atomic E-state index is 12.0. The first kappa shape index (κ1) is 24.2. The van der Waals surface area contributed by atoms with Gasteiger partial charge in [-0.2, -0.15) is 13.8 Å². The van der Waals surface area contributed by atoms with Crippen molar-refractivity contribution in [3.05, 3.63) is 77.6 Å². The molecule has 2 aromatic heterocycles. The van der Waals surface area contributed by atoms with Crippen molar-refractivity contribution in [1.29, 1.82) is 0 Å². The molecule has 0 unspecified atom stereocenters. The molecule has 36 heavy (non-hydrogen) atoms. The highest BCUT2D eigenvalue weighted by molar-refractivity contribution is 8.09. The molecular formula is C24H26N6O4S2. The summed E-state index contributed by atoms with van der Waals surface area (Å²) in [5.41, 5.74) is 4.39. The van der Waals surface area contributed by atoms with Crippen molar-refractivity contribution in [2.45, 2.75) is 25.3 Å². The summed E-state index contributed by atoms with van der Waals surface area (Å²) in [6.07, 6.45) is 7.87. The summed E-state index contributed by atoms with van der Waals surface area (Å²) in [5, 5.41) is 8.71. The largest absolute Gasteiger partial charge is 0.354 e. The number of sulfonamides is 2. The maximum Gasteiger partial charge on any atom is 0.245 e. The second-order valence-electron chi connectivity index (χ2n) is 8.88. The summed E-state index contributed by atoms with van der Waals surface area (Å²) >= 11 is 0. The first-order valence-corrected chi connectivity index (χ1v) is 15.1. The molecule has 12 heteroatoms. The van der Waals surface area contributed by atoms with Crippen molar-refractivity contribution in [2.75, 3.05) is 28.1 Å². The molecule has 0 radical (unpaired) electrons. The van der Waals surface area contributed by atoms with E-state index in [2.05, 4.69) is 39.7 Å². The van der Waals surface area contributed by atoms with Crippen LogP contribution in [0.2, 0.25) is 0 Å². The average molecular weight is 527 g/mol.